The molecule has 0 aliphatic carbocycles. The van der Waals surface area contributed by atoms with Crippen LogP contribution in [0.4, 0.5) is 4.79 Å². The number of methoxy groups -OCH3 is 1. The summed E-state index contributed by atoms with van der Waals surface area (Å²) in [6, 6.07) is 0.750. The molecular formula is C17H18Br2N2O4. The molecule has 2 rings (SSSR count). The number of allylic oxidation sites excluding steroid dienone is 1. The topological polar surface area (TPSA) is 76.7 Å². The number of Topliss-reactive ketones (excluding diaryl/α,β-unsaturated/α-hetero) is 1. The fourth-order valence-corrected chi connectivity index (χ4v) is 3.70. The summed E-state index contributed by atoms with van der Waals surface area (Å²) in [5.41, 5.74) is 1.68. The molecule has 1 aromatic rings. The maximum Gasteiger partial charge on any atom is 0.319 e. The molecule has 0 fully saturated rings. The van der Waals surface area contributed by atoms with Crippen LogP contribution in [0.1, 0.15) is 25.5 Å². The van der Waals surface area contributed by atoms with Gasteiger partial charge in [-0.3, -0.25) is 4.79 Å². The summed E-state index contributed by atoms with van der Waals surface area (Å²) in [6.07, 6.45) is 1.63. The number of carbonyl (C=O) groups excluding carboxylic acids is 2. The maximum absolute atomic E-state index is 12.1. The van der Waals surface area contributed by atoms with Gasteiger partial charge in [0, 0.05) is 15.7 Å². The fourth-order valence-electron chi connectivity index (χ4n) is 2.64. The molecule has 25 heavy (non-hydrogen) atoms. The van der Waals surface area contributed by atoms with E-state index in [0.29, 0.717) is 43.9 Å². The molecule has 2 N–H and O–H groups in total. The summed E-state index contributed by atoms with van der Waals surface area (Å²) in [4.78, 5) is 24.0. The molecule has 1 aliphatic rings. The number of hydrogen-bond donors (Lipinski definition) is 2. The molecule has 134 valence electrons. The Hall–Kier alpha value is -1.80. The standard InChI is InChI=1S/C17H18Br2N2O4/c1-5-6-25-16-11(24-4)7-10(13(18)14(16)19)15-12(9(3)22)8(2)20-17(23)21-15/h5,7,15H,1,6H2,2-4H3,(H2,20,21,23)/t15-/m0/s1. The summed E-state index contributed by atoms with van der Waals surface area (Å²) in [6.45, 7) is 7.10. The van der Waals surface area contributed by atoms with Crippen LogP contribution in [0.2, 0.25) is 0 Å². The molecular weight excluding hydrogens is 456 g/mol. The monoisotopic (exact) mass is 472 g/mol. The van der Waals surface area contributed by atoms with Gasteiger partial charge in [0.25, 0.3) is 0 Å². The van der Waals surface area contributed by atoms with Crippen molar-refractivity contribution in [2.75, 3.05) is 13.7 Å². The average Bonchev–Trinajstić information content (AvgIpc) is 2.54. The van der Waals surface area contributed by atoms with E-state index in [1.165, 1.54) is 14.0 Å². The summed E-state index contributed by atoms with van der Waals surface area (Å²) in [5.74, 6) is 0.840. The van der Waals surface area contributed by atoms with Gasteiger partial charge >= 0.3 is 6.03 Å². The van der Waals surface area contributed by atoms with E-state index in [4.69, 9.17) is 9.47 Å². The largest absolute Gasteiger partial charge is 0.493 e. The van der Waals surface area contributed by atoms with E-state index in [1.807, 2.05) is 0 Å². The van der Waals surface area contributed by atoms with Gasteiger partial charge < -0.3 is 20.1 Å². The first-order valence-electron chi connectivity index (χ1n) is 7.40. The van der Waals surface area contributed by atoms with E-state index >= 15 is 0 Å². The normalized spacial score (nSPS) is 16.8. The zero-order chi connectivity index (χ0) is 18.7. The first-order valence-corrected chi connectivity index (χ1v) is 8.99. The molecule has 2 amide bonds. The van der Waals surface area contributed by atoms with Crippen LogP contribution in [0, 0.1) is 0 Å². The molecule has 8 heteroatoms. The molecule has 1 aliphatic heterocycles. The minimum atomic E-state index is -0.612. The maximum atomic E-state index is 12.1. The Morgan fingerprint density at radius 1 is 1.40 bits per heavy atom. The number of rotatable bonds is 6. The second-order valence-electron chi connectivity index (χ2n) is 5.35. The van der Waals surface area contributed by atoms with Crippen molar-refractivity contribution in [3.8, 4) is 11.5 Å². The molecule has 0 radical (unpaired) electrons. The van der Waals surface area contributed by atoms with Crippen molar-refractivity contribution in [2.24, 2.45) is 0 Å². The van der Waals surface area contributed by atoms with Crippen LogP contribution >= 0.6 is 31.9 Å². The van der Waals surface area contributed by atoms with Gasteiger partial charge in [0.15, 0.2) is 17.3 Å². The Labute approximate surface area is 162 Å². The van der Waals surface area contributed by atoms with Gasteiger partial charge in [0.05, 0.1) is 17.6 Å². The van der Waals surface area contributed by atoms with Crippen molar-refractivity contribution in [3.63, 3.8) is 0 Å². The first-order chi connectivity index (χ1) is 11.8. The highest BCUT2D eigenvalue weighted by molar-refractivity contribution is 9.13. The molecule has 0 spiro atoms. The number of amides is 2. The van der Waals surface area contributed by atoms with Crippen LogP contribution in [0.15, 0.2) is 38.9 Å². The number of nitrogens with one attached hydrogen (secondary N) is 2. The van der Waals surface area contributed by atoms with Crippen LogP contribution in [0.25, 0.3) is 0 Å². The number of halogens is 2. The van der Waals surface area contributed by atoms with E-state index in [1.54, 1.807) is 19.1 Å². The predicted octanol–water partition coefficient (Wildman–Crippen LogP) is 4.00. The molecule has 0 aromatic heterocycles. The van der Waals surface area contributed by atoms with Crippen LogP contribution in [-0.2, 0) is 4.79 Å². The van der Waals surface area contributed by atoms with Gasteiger partial charge in [-0.15, -0.1) is 0 Å². The van der Waals surface area contributed by atoms with Gasteiger partial charge in [-0.2, -0.15) is 0 Å². The van der Waals surface area contributed by atoms with Crippen LogP contribution in [-0.4, -0.2) is 25.5 Å². The summed E-state index contributed by atoms with van der Waals surface area (Å²) >= 11 is 7.02. The van der Waals surface area contributed by atoms with E-state index < -0.39 is 6.04 Å². The molecule has 0 saturated heterocycles. The SMILES string of the molecule is C=CCOc1c(OC)cc([C@@H]2NC(=O)NC(C)=C2C(C)=O)c(Br)c1Br. The van der Waals surface area contributed by atoms with Gasteiger partial charge in [-0.05, 0) is 57.3 Å². The van der Waals surface area contributed by atoms with Crippen molar-refractivity contribution in [1.82, 2.24) is 10.6 Å². The van der Waals surface area contributed by atoms with Crippen molar-refractivity contribution in [3.05, 3.63) is 44.5 Å². The van der Waals surface area contributed by atoms with Crippen LogP contribution in [0.3, 0.4) is 0 Å². The number of ketones is 1. The third kappa shape index (κ3) is 3.90. The van der Waals surface area contributed by atoms with Crippen molar-refractivity contribution in [1.29, 1.82) is 0 Å². The van der Waals surface area contributed by atoms with E-state index in [0.717, 1.165) is 0 Å². The quantitative estimate of drug-likeness (QED) is 0.612. The molecule has 1 atom stereocenters. The summed E-state index contributed by atoms with van der Waals surface area (Å²) in [5, 5.41) is 5.41. The zero-order valence-corrected chi connectivity index (χ0v) is 17.2. The Bertz CT molecular complexity index is 774. The van der Waals surface area contributed by atoms with Crippen molar-refractivity contribution in [2.45, 2.75) is 19.9 Å². The fraction of sp³-hybridized carbons (Fsp3) is 0.294. The Morgan fingerprint density at radius 3 is 2.64 bits per heavy atom. The van der Waals surface area contributed by atoms with Gasteiger partial charge in [-0.1, -0.05) is 12.7 Å². The molecule has 1 aromatic carbocycles. The second kappa shape index (κ2) is 8.05. The summed E-state index contributed by atoms with van der Waals surface area (Å²) in [7, 11) is 1.52. The predicted molar refractivity (Wildman–Crippen MR) is 102 cm³/mol. The Morgan fingerprint density at radius 2 is 2.08 bits per heavy atom. The van der Waals surface area contributed by atoms with E-state index in [9.17, 15) is 9.59 Å². The molecule has 0 bridgehead atoms. The summed E-state index contributed by atoms with van der Waals surface area (Å²) < 4.78 is 12.3. The van der Waals surface area contributed by atoms with Gasteiger partial charge in [-0.25, -0.2) is 4.79 Å². The number of ether oxygens (including phenoxy) is 2. The van der Waals surface area contributed by atoms with Gasteiger partial charge in [0.1, 0.15) is 6.61 Å². The number of hydrogen-bond acceptors (Lipinski definition) is 4. The lowest BCUT2D eigenvalue weighted by atomic mass is 9.93. The molecule has 0 saturated carbocycles. The van der Waals surface area contributed by atoms with Gasteiger partial charge in [0.2, 0.25) is 0 Å². The lowest BCUT2D eigenvalue weighted by Crippen LogP contribution is -2.44. The highest BCUT2D eigenvalue weighted by Gasteiger charge is 2.32. The molecule has 0 unspecified atom stereocenters. The number of carbonyl (C=O) groups is 2. The Kier molecular flexibility index (Phi) is 6.29. The molecule has 1 heterocycles. The first kappa shape index (κ1) is 19.5. The number of urea groups is 1. The van der Waals surface area contributed by atoms with Crippen molar-refractivity contribution < 1.29 is 19.1 Å². The van der Waals surface area contributed by atoms with E-state index in [2.05, 4.69) is 49.1 Å². The number of benzene rings is 1. The third-order valence-corrected chi connectivity index (χ3v) is 5.82. The third-order valence-electron chi connectivity index (χ3n) is 3.68. The lowest BCUT2D eigenvalue weighted by Gasteiger charge is -2.29. The smallest absolute Gasteiger partial charge is 0.319 e. The molecule has 6 nitrogen and oxygen atoms in total. The Balaban J connectivity index is 2.63. The second-order valence-corrected chi connectivity index (χ2v) is 6.94. The van der Waals surface area contributed by atoms with E-state index in [-0.39, 0.29) is 11.8 Å². The minimum Gasteiger partial charge on any atom is -0.493 e. The average molecular weight is 474 g/mol. The van der Waals surface area contributed by atoms with Crippen LogP contribution in [0.5, 0.6) is 11.5 Å². The minimum absolute atomic E-state index is 0.135. The highest BCUT2D eigenvalue weighted by atomic mass is 79.9. The lowest BCUT2D eigenvalue weighted by molar-refractivity contribution is -0.114. The van der Waals surface area contributed by atoms with Crippen LogP contribution < -0.4 is 20.1 Å². The highest BCUT2D eigenvalue weighted by Crippen LogP contribution is 2.46. The zero-order valence-electron chi connectivity index (χ0n) is 14.0. The van der Waals surface area contributed by atoms with Crippen molar-refractivity contribution >= 4 is 43.7 Å².